The smallest absolute Gasteiger partial charge is 0.0159 e. The van der Waals surface area contributed by atoms with Crippen molar-refractivity contribution < 1.29 is 0 Å². The van der Waals surface area contributed by atoms with Crippen LogP contribution in [0, 0.1) is 0 Å². The topological polar surface area (TPSA) is 12.0 Å². The Balaban J connectivity index is 2.31. The van der Waals surface area contributed by atoms with E-state index >= 15 is 0 Å². The molecule has 0 aromatic heterocycles. The molecule has 14 heavy (non-hydrogen) atoms. The fourth-order valence-electron chi connectivity index (χ4n) is 2.66. The molecule has 0 amide bonds. The molecule has 1 aromatic rings. The minimum atomic E-state index is 0.343. The van der Waals surface area contributed by atoms with Crippen LogP contribution in [0.2, 0.25) is 0 Å². The maximum Gasteiger partial charge on any atom is 0.0159 e. The number of nitrogens with one attached hydrogen (secondary N) is 1. The van der Waals surface area contributed by atoms with Gasteiger partial charge in [-0.25, -0.2) is 0 Å². The molecule has 1 N–H and O–H groups in total. The zero-order valence-electron chi connectivity index (χ0n) is 9.09. The third kappa shape index (κ3) is 1.46. The lowest BCUT2D eigenvalue weighted by Gasteiger charge is -2.31. The average Bonchev–Trinajstić information content (AvgIpc) is 2.62. The Morgan fingerprint density at radius 2 is 2.07 bits per heavy atom. The number of benzene rings is 1. The summed E-state index contributed by atoms with van der Waals surface area (Å²) in [6.07, 6.45) is 2.47. The van der Waals surface area contributed by atoms with Crippen molar-refractivity contribution in [1.29, 1.82) is 0 Å². The Morgan fingerprint density at radius 3 is 2.71 bits per heavy atom. The summed E-state index contributed by atoms with van der Waals surface area (Å²) in [7, 11) is 0. The van der Waals surface area contributed by atoms with Crippen LogP contribution in [-0.2, 0) is 5.41 Å². The van der Waals surface area contributed by atoms with Gasteiger partial charge >= 0.3 is 0 Å². The van der Waals surface area contributed by atoms with Gasteiger partial charge in [-0.1, -0.05) is 44.2 Å². The Bertz CT molecular complexity index is 293. The van der Waals surface area contributed by atoms with E-state index < -0.39 is 0 Å². The number of rotatable bonds is 2. The molecule has 1 fully saturated rings. The maximum absolute atomic E-state index is 3.60. The lowest BCUT2D eigenvalue weighted by atomic mass is 9.75. The van der Waals surface area contributed by atoms with E-state index in [2.05, 4.69) is 49.5 Å². The first-order valence-corrected chi connectivity index (χ1v) is 5.56. The van der Waals surface area contributed by atoms with Gasteiger partial charge in [-0.2, -0.15) is 0 Å². The predicted molar refractivity (Wildman–Crippen MR) is 60.5 cm³/mol. The largest absolute Gasteiger partial charge is 0.313 e. The Morgan fingerprint density at radius 1 is 1.36 bits per heavy atom. The molecule has 1 aliphatic heterocycles. The van der Waals surface area contributed by atoms with Crippen LogP contribution in [0.1, 0.15) is 32.3 Å². The van der Waals surface area contributed by atoms with Crippen LogP contribution in [0.15, 0.2) is 30.3 Å². The SMILES string of the molecule is CCC1NCCC1(C)c1ccccc1. The van der Waals surface area contributed by atoms with E-state index in [1.54, 1.807) is 0 Å². The second-order valence-corrected chi connectivity index (χ2v) is 4.45. The van der Waals surface area contributed by atoms with E-state index in [0.717, 1.165) is 6.54 Å². The van der Waals surface area contributed by atoms with Gasteiger partial charge in [0.05, 0.1) is 0 Å². The molecule has 2 atom stereocenters. The molecule has 76 valence electrons. The van der Waals surface area contributed by atoms with Crippen molar-refractivity contribution in [2.75, 3.05) is 6.54 Å². The summed E-state index contributed by atoms with van der Waals surface area (Å²) >= 11 is 0. The van der Waals surface area contributed by atoms with E-state index in [-0.39, 0.29) is 0 Å². The second kappa shape index (κ2) is 3.74. The first kappa shape index (κ1) is 9.72. The summed E-state index contributed by atoms with van der Waals surface area (Å²) in [6, 6.07) is 11.5. The van der Waals surface area contributed by atoms with Gasteiger partial charge in [0, 0.05) is 11.5 Å². The molecule has 0 spiro atoms. The zero-order chi connectivity index (χ0) is 10.0. The van der Waals surface area contributed by atoms with Crippen LogP contribution in [0.3, 0.4) is 0 Å². The van der Waals surface area contributed by atoms with Crippen molar-refractivity contribution in [1.82, 2.24) is 5.32 Å². The van der Waals surface area contributed by atoms with Crippen LogP contribution < -0.4 is 5.32 Å². The van der Waals surface area contributed by atoms with Crippen molar-refractivity contribution >= 4 is 0 Å². The molecule has 1 heteroatoms. The van der Waals surface area contributed by atoms with Crippen molar-refractivity contribution in [2.24, 2.45) is 0 Å². The minimum Gasteiger partial charge on any atom is -0.313 e. The van der Waals surface area contributed by atoms with Gasteiger partial charge in [0.15, 0.2) is 0 Å². The fraction of sp³-hybridized carbons (Fsp3) is 0.538. The highest BCUT2D eigenvalue weighted by atomic mass is 15.0. The van der Waals surface area contributed by atoms with Crippen LogP contribution in [-0.4, -0.2) is 12.6 Å². The molecule has 1 aliphatic rings. The van der Waals surface area contributed by atoms with E-state index in [4.69, 9.17) is 0 Å². The predicted octanol–water partition coefficient (Wildman–Crippen LogP) is 2.72. The highest BCUT2D eigenvalue weighted by Crippen LogP contribution is 2.36. The molecular weight excluding hydrogens is 170 g/mol. The molecule has 0 bridgehead atoms. The number of hydrogen-bond acceptors (Lipinski definition) is 1. The monoisotopic (exact) mass is 189 g/mol. The quantitative estimate of drug-likeness (QED) is 0.754. The first-order chi connectivity index (χ1) is 6.77. The van der Waals surface area contributed by atoms with Gasteiger partial charge in [-0.3, -0.25) is 0 Å². The van der Waals surface area contributed by atoms with E-state index in [1.807, 2.05) is 0 Å². The summed E-state index contributed by atoms with van der Waals surface area (Å²) < 4.78 is 0. The van der Waals surface area contributed by atoms with Crippen molar-refractivity contribution in [3.05, 3.63) is 35.9 Å². The molecular formula is C13H19N. The van der Waals surface area contributed by atoms with Crippen LogP contribution in [0.4, 0.5) is 0 Å². The highest BCUT2D eigenvalue weighted by Gasteiger charge is 2.38. The third-order valence-corrected chi connectivity index (χ3v) is 3.65. The van der Waals surface area contributed by atoms with Gasteiger partial charge < -0.3 is 5.32 Å². The van der Waals surface area contributed by atoms with Crippen molar-refractivity contribution in [3.63, 3.8) is 0 Å². The summed E-state index contributed by atoms with van der Waals surface area (Å²) in [6.45, 7) is 5.81. The van der Waals surface area contributed by atoms with E-state index in [9.17, 15) is 0 Å². The lowest BCUT2D eigenvalue weighted by Crippen LogP contribution is -2.37. The van der Waals surface area contributed by atoms with Crippen molar-refractivity contribution in [3.8, 4) is 0 Å². The van der Waals surface area contributed by atoms with Crippen LogP contribution in [0.25, 0.3) is 0 Å². The average molecular weight is 189 g/mol. The molecule has 0 radical (unpaired) electrons. The standard InChI is InChI=1S/C13H19N/c1-3-12-13(2,9-10-14-12)11-7-5-4-6-8-11/h4-8,12,14H,3,9-10H2,1-2H3. The second-order valence-electron chi connectivity index (χ2n) is 4.45. The normalized spacial score (nSPS) is 32.0. The van der Waals surface area contributed by atoms with Gasteiger partial charge in [-0.15, -0.1) is 0 Å². The Hall–Kier alpha value is -0.820. The molecule has 1 aromatic carbocycles. The molecule has 0 aliphatic carbocycles. The van der Waals surface area contributed by atoms with Gasteiger partial charge in [-0.05, 0) is 24.9 Å². The Labute approximate surface area is 86.5 Å². The van der Waals surface area contributed by atoms with Gasteiger partial charge in [0.25, 0.3) is 0 Å². The summed E-state index contributed by atoms with van der Waals surface area (Å²) in [5.74, 6) is 0. The van der Waals surface area contributed by atoms with Gasteiger partial charge in [0.1, 0.15) is 0 Å². The third-order valence-electron chi connectivity index (χ3n) is 3.65. The Kier molecular flexibility index (Phi) is 2.60. The van der Waals surface area contributed by atoms with E-state index in [1.165, 1.54) is 18.4 Å². The maximum atomic E-state index is 3.60. The molecule has 1 saturated heterocycles. The molecule has 1 heterocycles. The summed E-state index contributed by atoms with van der Waals surface area (Å²) in [5, 5.41) is 3.60. The van der Waals surface area contributed by atoms with Gasteiger partial charge in [0.2, 0.25) is 0 Å². The molecule has 2 rings (SSSR count). The van der Waals surface area contributed by atoms with E-state index in [0.29, 0.717) is 11.5 Å². The minimum absolute atomic E-state index is 0.343. The molecule has 1 nitrogen and oxygen atoms in total. The van der Waals surface area contributed by atoms with Crippen LogP contribution >= 0.6 is 0 Å². The molecule has 0 saturated carbocycles. The first-order valence-electron chi connectivity index (χ1n) is 5.56. The summed E-state index contributed by atoms with van der Waals surface area (Å²) in [5.41, 5.74) is 1.83. The fourth-order valence-corrected chi connectivity index (χ4v) is 2.66. The van der Waals surface area contributed by atoms with Crippen molar-refractivity contribution in [2.45, 2.75) is 38.1 Å². The van der Waals surface area contributed by atoms with Crippen LogP contribution in [0.5, 0.6) is 0 Å². The number of hydrogen-bond donors (Lipinski definition) is 1. The molecule has 2 unspecified atom stereocenters. The zero-order valence-corrected chi connectivity index (χ0v) is 9.09. The highest BCUT2D eigenvalue weighted by molar-refractivity contribution is 5.28. The summed E-state index contributed by atoms with van der Waals surface area (Å²) in [4.78, 5) is 0. The lowest BCUT2D eigenvalue weighted by molar-refractivity contribution is 0.393.